The molecule has 2 aromatic carbocycles. The van der Waals surface area contributed by atoms with Crippen molar-refractivity contribution in [1.82, 2.24) is 0 Å². The summed E-state index contributed by atoms with van der Waals surface area (Å²) >= 11 is 3.36. The van der Waals surface area contributed by atoms with Gasteiger partial charge in [-0.1, -0.05) is 6.07 Å². The number of nitrogen functional groups attached to an aromatic ring is 1. The molecule has 0 saturated carbocycles. The smallest absolute Gasteiger partial charge is 0.201 e. The molecule has 0 spiro atoms. The molecule has 0 aliphatic carbocycles. The third-order valence-electron chi connectivity index (χ3n) is 2.89. The molecule has 0 fully saturated rings. The van der Waals surface area contributed by atoms with E-state index in [1.165, 1.54) is 14.2 Å². The molecule has 20 heavy (non-hydrogen) atoms. The molecule has 4 nitrogen and oxygen atoms in total. The Hall–Kier alpha value is -2.01. The van der Waals surface area contributed by atoms with Gasteiger partial charge in [0.25, 0.3) is 0 Å². The first-order valence-electron chi connectivity index (χ1n) is 5.89. The highest BCUT2D eigenvalue weighted by Gasteiger charge is 2.21. The van der Waals surface area contributed by atoms with Gasteiger partial charge in [0.1, 0.15) is 17.1 Å². The van der Waals surface area contributed by atoms with Crippen molar-refractivity contribution in [3.63, 3.8) is 0 Å². The van der Waals surface area contributed by atoms with Crippen LogP contribution in [0.4, 0.5) is 5.69 Å². The van der Waals surface area contributed by atoms with Crippen molar-refractivity contribution in [3.05, 3.63) is 52.0 Å². The van der Waals surface area contributed by atoms with Crippen molar-refractivity contribution in [2.45, 2.75) is 0 Å². The number of halogens is 1. The van der Waals surface area contributed by atoms with Crippen molar-refractivity contribution in [3.8, 4) is 11.5 Å². The summed E-state index contributed by atoms with van der Waals surface area (Å²) in [5.41, 5.74) is 7.17. The number of hydrogen-bond donors (Lipinski definition) is 1. The lowest BCUT2D eigenvalue weighted by atomic mass is 10.0. The first kappa shape index (κ1) is 14.4. The maximum absolute atomic E-state index is 12.7. The Labute approximate surface area is 125 Å². The fraction of sp³-hybridized carbons (Fsp3) is 0.133. The zero-order chi connectivity index (χ0) is 14.7. The molecule has 2 N–H and O–H groups in total. The quantitative estimate of drug-likeness (QED) is 0.688. The van der Waals surface area contributed by atoms with Gasteiger partial charge in [-0.15, -0.1) is 0 Å². The summed E-state index contributed by atoms with van der Waals surface area (Å²) in [5.74, 6) is 0.752. The Morgan fingerprint density at radius 3 is 2.20 bits per heavy atom. The Morgan fingerprint density at radius 2 is 1.70 bits per heavy atom. The predicted octanol–water partition coefficient (Wildman–Crippen LogP) is 3.28. The average molecular weight is 336 g/mol. The molecule has 0 bridgehead atoms. The van der Waals surface area contributed by atoms with Gasteiger partial charge >= 0.3 is 0 Å². The second-order valence-corrected chi connectivity index (χ2v) is 4.96. The molecule has 0 aliphatic heterocycles. The average Bonchev–Trinajstić information content (AvgIpc) is 2.45. The van der Waals surface area contributed by atoms with Gasteiger partial charge in [0, 0.05) is 15.7 Å². The Balaban J connectivity index is 2.58. The lowest BCUT2D eigenvalue weighted by molar-refractivity contribution is 0.103. The maximum Gasteiger partial charge on any atom is 0.201 e. The summed E-state index contributed by atoms with van der Waals surface area (Å²) in [6.07, 6.45) is 0. The van der Waals surface area contributed by atoms with Crippen molar-refractivity contribution in [1.29, 1.82) is 0 Å². The van der Waals surface area contributed by atoms with E-state index in [0.717, 1.165) is 0 Å². The number of benzene rings is 2. The number of ether oxygens (including phenoxy) is 2. The van der Waals surface area contributed by atoms with Gasteiger partial charge in [-0.3, -0.25) is 4.79 Å². The summed E-state index contributed by atoms with van der Waals surface area (Å²) < 4.78 is 11.1. The van der Waals surface area contributed by atoms with E-state index in [0.29, 0.717) is 32.8 Å². The Kier molecular flexibility index (Phi) is 4.29. The molecule has 0 aromatic heterocycles. The van der Waals surface area contributed by atoms with Gasteiger partial charge in [-0.25, -0.2) is 0 Å². The second-order valence-electron chi connectivity index (χ2n) is 4.11. The van der Waals surface area contributed by atoms with Crippen LogP contribution in [-0.2, 0) is 0 Å². The minimum Gasteiger partial charge on any atom is -0.496 e. The molecule has 2 aromatic rings. The van der Waals surface area contributed by atoms with E-state index in [4.69, 9.17) is 15.2 Å². The van der Waals surface area contributed by atoms with Crippen molar-refractivity contribution >= 4 is 27.4 Å². The van der Waals surface area contributed by atoms with Crippen LogP contribution in [0.3, 0.4) is 0 Å². The van der Waals surface area contributed by atoms with E-state index in [9.17, 15) is 4.79 Å². The Bertz CT molecular complexity index is 633. The summed E-state index contributed by atoms with van der Waals surface area (Å²) in [7, 11) is 3.03. The third kappa shape index (κ3) is 2.63. The molecule has 0 unspecified atom stereocenters. The SMILES string of the molecule is COc1cccc(OC)c1C(=O)c1ccc(N)cc1Br. The highest BCUT2D eigenvalue weighted by molar-refractivity contribution is 9.10. The zero-order valence-corrected chi connectivity index (χ0v) is 12.7. The van der Waals surface area contributed by atoms with Crippen LogP contribution in [-0.4, -0.2) is 20.0 Å². The first-order chi connectivity index (χ1) is 9.58. The second kappa shape index (κ2) is 5.96. The minimum absolute atomic E-state index is 0.189. The predicted molar refractivity (Wildman–Crippen MR) is 81.5 cm³/mol. The van der Waals surface area contributed by atoms with Gasteiger partial charge < -0.3 is 15.2 Å². The van der Waals surface area contributed by atoms with E-state index in [2.05, 4.69) is 15.9 Å². The molecular weight excluding hydrogens is 322 g/mol. The normalized spacial score (nSPS) is 10.2. The minimum atomic E-state index is -0.189. The molecule has 0 heterocycles. The molecule has 5 heteroatoms. The lowest BCUT2D eigenvalue weighted by Gasteiger charge is -2.13. The summed E-state index contributed by atoms with van der Waals surface area (Å²) in [6.45, 7) is 0. The van der Waals surface area contributed by atoms with Crippen LogP contribution in [0.1, 0.15) is 15.9 Å². The zero-order valence-electron chi connectivity index (χ0n) is 11.1. The molecule has 0 saturated heterocycles. The monoisotopic (exact) mass is 335 g/mol. The fourth-order valence-corrected chi connectivity index (χ4v) is 2.50. The number of nitrogens with two attached hydrogens (primary N) is 1. The van der Waals surface area contributed by atoms with Gasteiger partial charge in [0.2, 0.25) is 5.78 Å². The summed E-state index contributed by atoms with van der Waals surface area (Å²) in [6, 6.07) is 10.3. The number of carbonyl (C=O) groups excluding carboxylic acids is 1. The molecule has 0 atom stereocenters. The van der Waals surface area contributed by atoms with Crippen molar-refractivity contribution < 1.29 is 14.3 Å². The van der Waals surface area contributed by atoms with E-state index >= 15 is 0 Å². The van der Waals surface area contributed by atoms with E-state index in [1.807, 2.05) is 0 Å². The Morgan fingerprint density at radius 1 is 1.10 bits per heavy atom. The van der Waals surface area contributed by atoms with Gasteiger partial charge in [0.15, 0.2) is 0 Å². The third-order valence-corrected chi connectivity index (χ3v) is 3.55. The van der Waals surface area contributed by atoms with Crippen LogP contribution < -0.4 is 15.2 Å². The largest absolute Gasteiger partial charge is 0.496 e. The molecule has 0 radical (unpaired) electrons. The van der Waals surface area contributed by atoms with Crippen LogP contribution in [0.15, 0.2) is 40.9 Å². The van der Waals surface area contributed by atoms with Crippen LogP contribution >= 0.6 is 15.9 Å². The molecule has 0 amide bonds. The van der Waals surface area contributed by atoms with E-state index in [-0.39, 0.29) is 5.78 Å². The van der Waals surface area contributed by atoms with Crippen LogP contribution in [0.5, 0.6) is 11.5 Å². The van der Waals surface area contributed by atoms with E-state index in [1.54, 1.807) is 36.4 Å². The van der Waals surface area contributed by atoms with Gasteiger partial charge in [0.05, 0.1) is 14.2 Å². The standard InChI is InChI=1S/C15H14BrNO3/c1-19-12-4-3-5-13(20-2)14(12)15(18)10-7-6-9(17)8-11(10)16/h3-8H,17H2,1-2H3. The van der Waals surface area contributed by atoms with Crippen LogP contribution in [0, 0.1) is 0 Å². The highest BCUT2D eigenvalue weighted by Crippen LogP contribution is 2.32. The van der Waals surface area contributed by atoms with Crippen LogP contribution in [0.2, 0.25) is 0 Å². The van der Waals surface area contributed by atoms with Crippen LogP contribution in [0.25, 0.3) is 0 Å². The summed E-state index contributed by atoms with van der Waals surface area (Å²) in [4.78, 5) is 12.7. The van der Waals surface area contributed by atoms with Crippen molar-refractivity contribution in [2.24, 2.45) is 0 Å². The number of rotatable bonds is 4. The molecular formula is C15H14BrNO3. The van der Waals surface area contributed by atoms with Gasteiger partial charge in [-0.05, 0) is 46.3 Å². The van der Waals surface area contributed by atoms with E-state index < -0.39 is 0 Å². The highest BCUT2D eigenvalue weighted by atomic mass is 79.9. The maximum atomic E-state index is 12.7. The summed E-state index contributed by atoms with van der Waals surface area (Å²) in [5, 5.41) is 0. The number of carbonyl (C=O) groups is 1. The number of ketones is 1. The van der Waals surface area contributed by atoms with Crippen molar-refractivity contribution in [2.75, 3.05) is 20.0 Å². The number of methoxy groups -OCH3 is 2. The molecule has 2 rings (SSSR count). The lowest BCUT2D eigenvalue weighted by Crippen LogP contribution is -2.07. The van der Waals surface area contributed by atoms with Gasteiger partial charge in [-0.2, -0.15) is 0 Å². The first-order valence-corrected chi connectivity index (χ1v) is 6.68. The fourth-order valence-electron chi connectivity index (χ4n) is 1.93. The number of anilines is 1. The topological polar surface area (TPSA) is 61.5 Å². The number of hydrogen-bond acceptors (Lipinski definition) is 4. The molecule has 0 aliphatic rings. The molecule has 104 valence electrons.